The van der Waals surface area contributed by atoms with Crippen LogP contribution in [0.2, 0.25) is 0 Å². The van der Waals surface area contributed by atoms with Crippen LogP contribution in [0.3, 0.4) is 0 Å². The quantitative estimate of drug-likeness (QED) is 0.273. The van der Waals surface area contributed by atoms with Gasteiger partial charge in [-0.1, -0.05) is 0 Å². The van der Waals surface area contributed by atoms with Gasteiger partial charge in [0.05, 0.1) is 6.33 Å². The van der Waals surface area contributed by atoms with E-state index in [0.717, 1.165) is 13.0 Å². The normalized spacial score (nSPS) is 13.1. The Kier molecular flexibility index (Phi) is 4.90. The third-order valence-electron chi connectivity index (χ3n) is 3.38. The fraction of sp³-hybridized carbons (Fsp3) is 0.333. The van der Waals surface area contributed by atoms with Crippen LogP contribution in [0.1, 0.15) is 6.42 Å². The monoisotopic (exact) mass is 331 g/mol. The first kappa shape index (κ1) is 15.8. The molecule has 24 heavy (non-hydrogen) atoms. The average molecular weight is 331 g/mol. The SMILES string of the molecule is O=[N+]([O-])CC(=NCCCn1ccnc1)Nc1ccc2c(c1)OCO2. The largest absolute Gasteiger partial charge is 0.454 e. The van der Waals surface area contributed by atoms with Gasteiger partial charge in [0.25, 0.3) is 6.54 Å². The number of nitro groups is 1. The van der Waals surface area contributed by atoms with Crippen LogP contribution in [0.5, 0.6) is 11.5 Å². The first-order chi connectivity index (χ1) is 11.7. The molecule has 1 N–H and O–H groups in total. The van der Waals surface area contributed by atoms with Crippen molar-refractivity contribution in [2.45, 2.75) is 13.0 Å². The summed E-state index contributed by atoms with van der Waals surface area (Å²) in [6, 6.07) is 5.27. The number of ether oxygens (including phenoxy) is 2. The number of hydrogen-bond acceptors (Lipinski definition) is 6. The van der Waals surface area contributed by atoms with Crippen LogP contribution in [-0.2, 0) is 6.54 Å². The molecule has 126 valence electrons. The number of aryl methyl sites for hydroxylation is 1. The van der Waals surface area contributed by atoms with E-state index in [2.05, 4.69) is 15.3 Å². The third kappa shape index (κ3) is 4.22. The summed E-state index contributed by atoms with van der Waals surface area (Å²) in [4.78, 5) is 18.7. The Labute approximate surface area is 138 Å². The van der Waals surface area contributed by atoms with Crippen molar-refractivity contribution in [2.24, 2.45) is 4.99 Å². The fourth-order valence-corrected chi connectivity index (χ4v) is 2.28. The molecule has 2 heterocycles. The molecule has 2 aromatic rings. The first-order valence-electron chi connectivity index (χ1n) is 7.48. The molecule has 0 unspecified atom stereocenters. The molecule has 0 saturated carbocycles. The molecular formula is C15H17N5O4. The van der Waals surface area contributed by atoms with Crippen LogP contribution in [0.15, 0.2) is 41.9 Å². The number of benzene rings is 1. The number of rotatable bonds is 7. The predicted molar refractivity (Wildman–Crippen MR) is 87.2 cm³/mol. The smallest absolute Gasteiger partial charge is 0.260 e. The van der Waals surface area contributed by atoms with Crippen molar-refractivity contribution in [1.82, 2.24) is 9.55 Å². The molecular weight excluding hydrogens is 314 g/mol. The van der Waals surface area contributed by atoms with Gasteiger partial charge in [-0.2, -0.15) is 0 Å². The van der Waals surface area contributed by atoms with Crippen LogP contribution in [-0.4, -0.2) is 40.2 Å². The summed E-state index contributed by atoms with van der Waals surface area (Å²) in [6.07, 6.45) is 6.07. The summed E-state index contributed by atoms with van der Waals surface area (Å²) < 4.78 is 12.5. The first-order valence-corrected chi connectivity index (χ1v) is 7.48. The zero-order valence-corrected chi connectivity index (χ0v) is 12.9. The minimum atomic E-state index is -0.408. The molecule has 0 spiro atoms. The van der Waals surface area contributed by atoms with E-state index in [1.165, 1.54) is 0 Å². The van der Waals surface area contributed by atoms with E-state index in [0.29, 0.717) is 29.6 Å². The summed E-state index contributed by atoms with van der Waals surface area (Å²) in [5.74, 6) is 1.58. The molecule has 1 aliphatic heterocycles. The van der Waals surface area contributed by atoms with Crippen LogP contribution in [0.25, 0.3) is 0 Å². The second-order valence-corrected chi connectivity index (χ2v) is 5.17. The van der Waals surface area contributed by atoms with Crippen molar-refractivity contribution < 1.29 is 14.4 Å². The van der Waals surface area contributed by atoms with Gasteiger partial charge < -0.3 is 19.4 Å². The number of hydrogen-bond donors (Lipinski definition) is 1. The number of aliphatic imine (C=N–C) groups is 1. The molecule has 0 amide bonds. The van der Waals surface area contributed by atoms with E-state index in [1.54, 1.807) is 30.7 Å². The second kappa shape index (κ2) is 7.44. The molecule has 0 radical (unpaired) electrons. The number of aromatic nitrogens is 2. The van der Waals surface area contributed by atoms with Gasteiger partial charge in [0, 0.05) is 42.2 Å². The highest BCUT2D eigenvalue weighted by Gasteiger charge is 2.15. The molecule has 0 atom stereocenters. The lowest BCUT2D eigenvalue weighted by molar-refractivity contribution is -0.463. The van der Waals surface area contributed by atoms with E-state index >= 15 is 0 Å². The van der Waals surface area contributed by atoms with Gasteiger partial charge in [0.2, 0.25) is 6.79 Å². The lowest BCUT2D eigenvalue weighted by Crippen LogP contribution is -2.23. The van der Waals surface area contributed by atoms with E-state index in [1.807, 2.05) is 10.8 Å². The van der Waals surface area contributed by atoms with Crippen molar-refractivity contribution in [1.29, 1.82) is 0 Å². The highest BCUT2D eigenvalue weighted by atomic mass is 16.7. The average Bonchev–Trinajstić information content (AvgIpc) is 3.21. The maximum atomic E-state index is 10.8. The molecule has 1 aromatic carbocycles. The Hall–Kier alpha value is -3.10. The predicted octanol–water partition coefficient (Wildman–Crippen LogP) is 1.79. The number of imidazole rings is 1. The van der Waals surface area contributed by atoms with Crippen LogP contribution < -0.4 is 14.8 Å². The molecule has 1 aliphatic rings. The zero-order chi connectivity index (χ0) is 16.8. The number of anilines is 1. The zero-order valence-electron chi connectivity index (χ0n) is 12.9. The minimum Gasteiger partial charge on any atom is -0.454 e. The lowest BCUT2D eigenvalue weighted by Gasteiger charge is -2.08. The molecule has 0 fully saturated rings. The molecule has 3 rings (SSSR count). The highest BCUT2D eigenvalue weighted by Crippen LogP contribution is 2.34. The molecule has 0 bridgehead atoms. The van der Waals surface area contributed by atoms with Gasteiger partial charge in [0.15, 0.2) is 17.3 Å². The maximum absolute atomic E-state index is 10.8. The van der Waals surface area contributed by atoms with Crippen molar-refractivity contribution >= 4 is 11.5 Å². The van der Waals surface area contributed by atoms with Gasteiger partial charge in [-0.05, 0) is 18.6 Å². The van der Waals surface area contributed by atoms with Crippen molar-refractivity contribution in [3.05, 3.63) is 47.0 Å². The van der Waals surface area contributed by atoms with Gasteiger partial charge in [-0.25, -0.2) is 4.98 Å². The highest BCUT2D eigenvalue weighted by molar-refractivity contribution is 5.96. The van der Waals surface area contributed by atoms with Crippen molar-refractivity contribution in [3.63, 3.8) is 0 Å². The molecule has 0 aliphatic carbocycles. The Morgan fingerprint density at radius 2 is 2.29 bits per heavy atom. The van der Waals surface area contributed by atoms with Crippen LogP contribution >= 0.6 is 0 Å². The summed E-state index contributed by atoms with van der Waals surface area (Å²) in [7, 11) is 0. The van der Waals surface area contributed by atoms with E-state index in [-0.39, 0.29) is 13.3 Å². The fourth-order valence-electron chi connectivity index (χ4n) is 2.28. The Morgan fingerprint density at radius 1 is 1.42 bits per heavy atom. The standard InChI is InChI=1S/C15H17N5O4/c21-20(22)9-15(17-4-1-6-19-7-5-16-10-19)18-12-2-3-13-14(8-12)24-11-23-13/h2-3,5,7-8,10H,1,4,6,9,11H2,(H,17,18). The van der Waals surface area contributed by atoms with Gasteiger partial charge in [-0.3, -0.25) is 15.1 Å². The summed E-state index contributed by atoms with van der Waals surface area (Å²) in [6.45, 7) is 1.07. The summed E-state index contributed by atoms with van der Waals surface area (Å²) in [5.41, 5.74) is 0.675. The van der Waals surface area contributed by atoms with Crippen LogP contribution in [0, 0.1) is 10.1 Å². The Balaban J connectivity index is 1.60. The van der Waals surface area contributed by atoms with Crippen LogP contribution in [0.4, 0.5) is 5.69 Å². The van der Waals surface area contributed by atoms with Gasteiger partial charge in [-0.15, -0.1) is 0 Å². The summed E-state index contributed by atoms with van der Waals surface area (Å²) >= 11 is 0. The van der Waals surface area contributed by atoms with E-state index in [9.17, 15) is 10.1 Å². The van der Waals surface area contributed by atoms with Crippen molar-refractivity contribution in [2.75, 3.05) is 25.2 Å². The van der Waals surface area contributed by atoms with Crippen molar-refractivity contribution in [3.8, 4) is 11.5 Å². The molecule has 1 aromatic heterocycles. The number of nitrogens with zero attached hydrogens (tertiary/aromatic N) is 4. The Morgan fingerprint density at radius 3 is 3.08 bits per heavy atom. The summed E-state index contributed by atoms with van der Waals surface area (Å²) in [5, 5.41) is 13.8. The lowest BCUT2D eigenvalue weighted by atomic mass is 10.2. The maximum Gasteiger partial charge on any atom is 0.260 e. The number of fused-ring (bicyclic) bond motifs is 1. The minimum absolute atomic E-state index is 0.183. The Bertz CT molecular complexity index is 729. The van der Waals surface area contributed by atoms with E-state index in [4.69, 9.17) is 9.47 Å². The van der Waals surface area contributed by atoms with Gasteiger partial charge in [0.1, 0.15) is 0 Å². The van der Waals surface area contributed by atoms with Gasteiger partial charge >= 0.3 is 0 Å². The molecule has 0 saturated heterocycles. The van der Waals surface area contributed by atoms with E-state index < -0.39 is 4.92 Å². The second-order valence-electron chi connectivity index (χ2n) is 5.17. The third-order valence-corrected chi connectivity index (χ3v) is 3.38. The number of nitrogens with one attached hydrogen (secondary N) is 1. The molecule has 9 nitrogen and oxygen atoms in total. The molecule has 9 heteroatoms. The number of amidine groups is 1. The topological polar surface area (TPSA) is 104 Å².